The van der Waals surface area contributed by atoms with Crippen LogP contribution in [0.3, 0.4) is 0 Å². The Balaban J connectivity index is 1.43. The number of hydrogen-bond acceptors (Lipinski definition) is 5. The standard InChI is InChI=1S/C28H27N3O2S2/c32-26(29-17-18-30-27(33)25-20-34-21-31-25)16-19-35-28(22-10-4-1-5-11-22,23-12-6-2-7-13-23)24-14-8-3-9-15-24/h1-15,20-21H,16-19H2,(H,29,32)(H,30,33). The molecule has 7 heteroatoms. The Labute approximate surface area is 214 Å². The molecule has 0 spiro atoms. The number of hydrogen-bond donors (Lipinski definition) is 2. The van der Waals surface area contributed by atoms with E-state index in [1.165, 1.54) is 28.0 Å². The second kappa shape index (κ2) is 12.3. The number of carbonyl (C=O) groups excluding carboxylic acids is 2. The van der Waals surface area contributed by atoms with Gasteiger partial charge in [0.1, 0.15) is 5.69 Å². The monoisotopic (exact) mass is 501 g/mol. The maximum atomic E-state index is 12.6. The van der Waals surface area contributed by atoms with Crippen LogP contribution in [0, 0.1) is 0 Å². The largest absolute Gasteiger partial charge is 0.354 e. The van der Waals surface area contributed by atoms with Crippen molar-refractivity contribution in [3.63, 3.8) is 0 Å². The molecule has 2 N–H and O–H groups in total. The van der Waals surface area contributed by atoms with Gasteiger partial charge in [0, 0.05) is 30.6 Å². The van der Waals surface area contributed by atoms with Gasteiger partial charge >= 0.3 is 0 Å². The third-order valence-electron chi connectivity index (χ3n) is 5.59. The van der Waals surface area contributed by atoms with Crippen molar-refractivity contribution < 1.29 is 9.59 Å². The van der Waals surface area contributed by atoms with Crippen molar-refractivity contribution in [1.29, 1.82) is 0 Å². The molecular weight excluding hydrogens is 474 g/mol. The molecule has 0 atom stereocenters. The highest BCUT2D eigenvalue weighted by Gasteiger charge is 2.36. The van der Waals surface area contributed by atoms with Crippen LogP contribution < -0.4 is 10.6 Å². The number of amides is 2. The Morgan fingerprint density at radius 3 is 1.77 bits per heavy atom. The number of rotatable bonds is 11. The van der Waals surface area contributed by atoms with Crippen LogP contribution in [0.5, 0.6) is 0 Å². The molecule has 0 saturated heterocycles. The first-order chi connectivity index (χ1) is 17.2. The molecule has 0 saturated carbocycles. The molecule has 0 aliphatic rings. The van der Waals surface area contributed by atoms with E-state index >= 15 is 0 Å². The second-order valence-corrected chi connectivity index (χ2v) is 9.89. The van der Waals surface area contributed by atoms with Crippen LogP contribution in [0.4, 0.5) is 0 Å². The highest BCUT2D eigenvalue weighted by molar-refractivity contribution is 8.00. The van der Waals surface area contributed by atoms with E-state index in [1.807, 2.05) is 18.2 Å². The van der Waals surface area contributed by atoms with Gasteiger partial charge in [-0.05, 0) is 16.7 Å². The molecule has 0 fully saturated rings. The molecule has 1 heterocycles. The lowest BCUT2D eigenvalue weighted by Gasteiger charge is -2.35. The number of benzene rings is 3. The topological polar surface area (TPSA) is 71.1 Å². The van der Waals surface area contributed by atoms with Crippen molar-refractivity contribution in [2.75, 3.05) is 18.8 Å². The maximum Gasteiger partial charge on any atom is 0.270 e. The zero-order chi connectivity index (χ0) is 24.3. The smallest absolute Gasteiger partial charge is 0.270 e. The van der Waals surface area contributed by atoms with Gasteiger partial charge in [-0.25, -0.2) is 4.98 Å². The average molecular weight is 502 g/mol. The zero-order valence-electron chi connectivity index (χ0n) is 19.2. The number of nitrogens with one attached hydrogen (secondary N) is 2. The Hall–Kier alpha value is -3.42. The number of carbonyl (C=O) groups is 2. The minimum absolute atomic E-state index is 0.0384. The van der Waals surface area contributed by atoms with Crippen molar-refractivity contribution in [3.8, 4) is 0 Å². The van der Waals surface area contributed by atoms with Crippen molar-refractivity contribution >= 4 is 34.9 Å². The predicted molar refractivity (Wildman–Crippen MR) is 144 cm³/mol. The molecule has 4 aromatic rings. The summed E-state index contributed by atoms with van der Waals surface area (Å²) in [6.45, 7) is 0.734. The van der Waals surface area contributed by atoms with Crippen LogP contribution in [0.15, 0.2) is 102 Å². The van der Waals surface area contributed by atoms with E-state index in [1.54, 1.807) is 22.7 Å². The minimum Gasteiger partial charge on any atom is -0.354 e. The summed E-state index contributed by atoms with van der Waals surface area (Å²) < 4.78 is -0.439. The molecule has 0 aliphatic heterocycles. The molecule has 35 heavy (non-hydrogen) atoms. The van der Waals surface area contributed by atoms with E-state index in [9.17, 15) is 9.59 Å². The molecule has 0 radical (unpaired) electrons. The first-order valence-electron chi connectivity index (χ1n) is 11.4. The minimum atomic E-state index is -0.439. The van der Waals surface area contributed by atoms with E-state index in [-0.39, 0.29) is 11.8 Å². The van der Waals surface area contributed by atoms with Crippen molar-refractivity contribution in [2.45, 2.75) is 11.2 Å². The fourth-order valence-electron chi connectivity index (χ4n) is 3.95. The highest BCUT2D eigenvalue weighted by atomic mass is 32.2. The third-order valence-corrected chi connectivity index (χ3v) is 7.72. The lowest BCUT2D eigenvalue weighted by Crippen LogP contribution is -2.35. The lowest BCUT2D eigenvalue weighted by atomic mass is 9.84. The Morgan fingerprint density at radius 1 is 0.771 bits per heavy atom. The number of nitrogens with zero attached hydrogens (tertiary/aromatic N) is 1. The molecular formula is C28H27N3O2S2. The number of aromatic nitrogens is 1. The van der Waals surface area contributed by atoms with Gasteiger partial charge in [-0.3, -0.25) is 9.59 Å². The van der Waals surface area contributed by atoms with Gasteiger partial charge in [-0.1, -0.05) is 91.0 Å². The van der Waals surface area contributed by atoms with Gasteiger partial charge in [0.15, 0.2) is 0 Å². The molecule has 2 amide bonds. The van der Waals surface area contributed by atoms with Crippen molar-refractivity contribution in [3.05, 3.63) is 124 Å². The summed E-state index contributed by atoms with van der Waals surface area (Å²) in [5.74, 6) is 0.369. The third kappa shape index (κ3) is 6.18. The summed E-state index contributed by atoms with van der Waals surface area (Å²) in [5, 5.41) is 7.37. The van der Waals surface area contributed by atoms with Crippen LogP contribution in [-0.4, -0.2) is 35.6 Å². The summed E-state index contributed by atoms with van der Waals surface area (Å²) in [5.41, 5.74) is 5.54. The van der Waals surface area contributed by atoms with Crippen LogP contribution >= 0.6 is 23.1 Å². The predicted octanol–water partition coefficient (Wildman–Crippen LogP) is 5.10. The van der Waals surface area contributed by atoms with Crippen LogP contribution in [0.25, 0.3) is 0 Å². The summed E-state index contributed by atoms with van der Waals surface area (Å²) >= 11 is 3.14. The van der Waals surface area contributed by atoms with Crippen molar-refractivity contribution in [2.24, 2.45) is 0 Å². The van der Waals surface area contributed by atoms with E-state index in [2.05, 4.69) is 88.4 Å². The lowest BCUT2D eigenvalue weighted by molar-refractivity contribution is -0.120. The van der Waals surface area contributed by atoms with E-state index < -0.39 is 4.75 Å². The first-order valence-corrected chi connectivity index (χ1v) is 13.4. The molecule has 0 aliphatic carbocycles. The van der Waals surface area contributed by atoms with Crippen LogP contribution in [-0.2, 0) is 9.54 Å². The van der Waals surface area contributed by atoms with E-state index in [4.69, 9.17) is 0 Å². The van der Waals surface area contributed by atoms with Gasteiger partial charge in [-0.15, -0.1) is 23.1 Å². The molecule has 178 valence electrons. The summed E-state index contributed by atoms with van der Waals surface area (Å²) in [4.78, 5) is 28.5. The molecule has 0 bridgehead atoms. The highest BCUT2D eigenvalue weighted by Crippen LogP contribution is 2.48. The van der Waals surface area contributed by atoms with Gasteiger partial charge < -0.3 is 10.6 Å². The Kier molecular flexibility index (Phi) is 8.70. The Bertz CT molecular complexity index is 1100. The molecule has 5 nitrogen and oxygen atoms in total. The van der Waals surface area contributed by atoms with Gasteiger partial charge in [-0.2, -0.15) is 0 Å². The van der Waals surface area contributed by atoms with Gasteiger partial charge in [0.05, 0.1) is 10.3 Å². The average Bonchev–Trinajstić information content (AvgIpc) is 3.46. The van der Waals surface area contributed by atoms with Crippen LogP contribution in [0.2, 0.25) is 0 Å². The fourth-order valence-corrected chi connectivity index (χ4v) is 5.98. The van der Waals surface area contributed by atoms with Gasteiger partial charge in [0.2, 0.25) is 5.91 Å². The van der Waals surface area contributed by atoms with E-state index in [0.29, 0.717) is 31.0 Å². The van der Waals surface area contributed by atoms with Gasteiger partial charge in [0.25, 0.3) is 5.91 Å². The zero-order valence-corrected chi connectivity index (χ0v) is 20.9. The Morgan fingerprint density at radius 2 is 1.29 bits per heavy atom. The van der Waals surface area contributed by atoms with Crippen LogP contribution in [0.1, 0.15) is 33.6 Å². The maximum absolute atomic E-state index is 12.6. The summed E-state index contributed by atoms with van der Waals surface area (Å²) in [7, 11) is 0. The van der Waals surface area contributed by atoms with Crippen molar-refractivity contribution in [1.82, 2.24) is 15.6 Å². The quantitative estimate of drug-likeness (QED) is 0.221. The normalized spacial score (nSPS) is 11.1. The summed E-state index contributed by atoms with van der Waals surface area (Å²) in [6.07, 6.45) is 0.374. The molecule has 1 aromatic heterocycles. The SMILES string of the molecule is O=C(CCSC(c1ccccc1)(c1ccccc1)c1ccccc1)NCCNC(=O)c1cscn1. The number of thiazole rings is 1. The molecule has 0 unspecified atom stereocenters. The first kappa shape index (κ1) is 24.7. The second-order valence-electron chi connectivity index (χ2n) is 7.86. The molecule has 3 aromatic carbocycles. The summed E-state index contributed by atoms with van der Waals surface area (Å²) in [6, 6.07) is 31.3. The molecule has 4 rings (SSSR count). The van der Waals surface area contributed by atoms with E-state index in [0.717, 1.165) is 0 Å². The fraction of sp³-hybridized carbons (Fsp3) is 0.179. The number of thioether (sulfide) groups is 1.